The van der Waals surface area contributed by atoms with E-state index in [0.29, 0.717) is 24.0 Å². The van der Waals surface area contributed by atoms with Crippen molar-refractivity contribution in [1.82, 2.24) is 15.1 Å². The molecule has 2 aromatic rings. The first kappa shape index (κ1) is 15.5. The normalized spacial score (nSPS) is 10.6. The molecule has 1 aromatic carbocycles. The van der Waals surface area contributed by atoms with Gasteiger partial charge in [-0.3, -0.25) is 4.79 Å². The lowest BCUT2D eigenvalue weighted by Gasteiger charge is -2.09. The Morgan fingerprint density at radius 2 is 2.29 bits per heavy atom. The third kappa shape index (κ3) is 4.56. The molecule has 0 spiro atoms. The topological polar surface area (TPSA) is 68.2 Å². The van der Waals surface area contributed by atoms with Crippen LogP contribution in [0.3, 0.4) is 0 Å². The van der Waals surface area contributed by atoms with Gasteiger partial charge in [0, 0.05) is 24.7 Å². The van der Waals surface area contributed by atoms with Crippen molar-refractivity contribution < 1.29 is 9.53 Å². The number of hydrogen-bond acceptors (Lipinski definition) is 4. The van der Waals surface area contributed by atoms with Crippen LogP contribution in [0.1, 0.15) is 0 Å². The van der Waals surface area contributed by atoms with E-state index >= 15 is 0 Å². The molecule has 2 N–H and O–H groups in total. The molecule has 0 unspecified atom stereocenters. The number of amides is 1. The molecular weight excluding hydrogens is 292 g/mol. The number of carbonyl (C=O) groups is 1. The van der Waals surface area contributed by atoms with Crippen molar-refractivity contribution in [2.24, 2.45) is 0 Å². The van der Waals surface area contributed by atoms with Gasteiger partial charge in [-0.2, -0.15) is 5.10 Å². The molecule has 0 radical (unpaired) electrons. The van der Waals surface area contributed by atoms with Crippen molar-refractivity contribution in [3.05, 3.63) is 41.6 Å². The lowest BCUT2D eigenvalue weighted by molar-refractivity contribution is -0.115. The molecule has 0 fully saturated rings. The van der Waals surface area contributed by atoms with Crippen LogP contribution in [0, 0.1) is 0 Å². The van der Waals surface area contributed by atoms with Crippen molar-refractivity contribution in [1.29, 1.82) is 0 Å². The first-order valence-electron chi connectivity index (χ1n) is 6.50. The number of benzene rings is 1. The van der Waals surface area contributed by atoms with Crippen LogP contribution in [-0.2, 0) is 9.53 Å². The Morgan fingerprint density at radius 1 is 1.43 bits per heavy atom. The molecule has 7 heteroatoms. The molecule has 0 aliphatic carbocycles. The predicted octanol–water partition coefficient (Wildman–Crippen LogP) is 1.70. The summed E-state index contributed by atoms with van der Waals surface area (Å²) in [5, 5.41) is 10.6. The predicted molar refractivity (Wildman–Crippen MR) is 81.9 cm³/mol. The van der Waals surface area contributed by atoms with Crippen LogP contribution in [0.4, 0.5) is 5.82 Å². The van der Waals surface area contributed by atoms with Gasteiger partial charge in [0.25, 0.3) is 0 Å². The van der Waals surface area contributed by atoms with E-state index in [9.17, 15) is 4.79 Å². The van der Waals surface area contributed by atoms with Crippen LogP contribution < -0.4 is 10.6 Å². The lowest BCUT2D eigenvalue weighted by Crippen LogP contribution is -2.30. The number of ether oxygens (including phenoxy) is 1. The Bertz CT molecular complexity index is 600. The average molecular weight is 309 g/mol. The van der Waals surface area contributed by atoms with Crippen LogP contribution in [0.5, 0.6) is 0 Å². The monoisotopic (exact) mass is 308 g/mol. The summed E-state index contributed by atoms with van der Waals surface area (Å²) in [4.78, 5) is 11.8. The molecule has 6 nitrogen and oxygen atoms in total. The molecule has 1 heterocycles. The molecule has 0 saturated carbocycles. The smallest absolute Gasteiger partial charge is 0.239 e. The van der Waals surface area contributed by atoms with E-state index in [2.05, 4.69) is 15.7 Å². The Balaban J connectivity index is 1.99. The molecule has 0 aliphatic heterocycles. The van der Waals surface area contributed by atoms with Gasteiger partial charge < -0.3 is 15.4 Å². The van der Waals surface area contributed by atoms with Crippen molar-refractivity contribution >= 4 is 23.3 Å². The largest absolute Gasteiger partial charge is 0.383 e. The summed E-state index contributed by atoms with van der Waals surface area (Å²) in [6, 6.07) is 8.99. The summed E-state index contributed by atoms with van der Waals surface area (Å²) in [5.41, 5.74) is 0.787. The van der Waals surface area contributed by atoms with Crippen LogP contribution in [-0.4, -0.2) is 42.5 Å². The number of anilines is 1. The Labute approximate surface area is 128 Å². The molecule has 21 heavy (non-hydrogen) atoms. The summed E-state index contributed by atoms with van der Waals surface area (Å²) < 4.78 is 6.52. The average Bonchev–Trinajstić information content (AvgIpc) is 2.92. The number of rotatable bonds is 7. The van der Waals surface area contributed by atoms with Gasteiger partial charge in [-0.25, -0.2) is 4.68 Å². The molecular formula is C14H17ClN4O2. The number of hydrogen-bond donors (Lipinski definition) is 2. The number of nitrogens with zero attached hydrogens (tertiary/aromatic N) is 2. The fourth-order valence-electron chi connectivity index (χ4n) is 1.77. The maximum absolute atomic E-state index is 11.8. The highest BCUT2D eigenvalue weighted by Gasteiger charge is 2.08. The van der Waals surface area contributed by atoms with Crippen molar-refractivity contribution in [2.75, 3.05) is 32.1 Å². The summed E-state index contributed by atoms with van der Waals surface area (Å²) in [7, 11) is 1.62. The van der Waals surface area contributed by atoms with Gasteiger partial charge in [0.15, 0.2) is 0 Å². The van der Waals surface area contributed by atoms with E-state index in [1.807, 2.05) is 12.1 Å². The standard InChI is InChI=1S/C14H17ClN4O2/c1-21-8-7-16-10-14(20)18-13-5-6-17-19(13)12-4-2-3-11(15)9-12/h2-6,9,16H,7-8,10H2,1H3,(H,18,20). The Hall–Kier alpha value is -1.89. The van der Waals surface area contributed by atoms with Gasteiger partial charge in [-0.1, -0.05) is 17.7 Å². The highest BCUT2D eigenvalue weighted by molar-refractivity contribution is 6.30. The molecule has 0 saturated heterocycles. The van der Waals surface area contributed by atoms with E-state index in [-0.39, 0.29) is 12.5 Å². The highest BCUT2D eigenvalue weighted by atomic mass is 35.5. The third-order valence-electron chi connectivity index (χ3n) is 2.73. The molecule has 112 valence electrons. The van der Waals surface area contributed by atoms with E-state index in [1.165, 1.54) is 0 Å². The second-order valence-electron chi connectivity index (χ2n) is 4.33. The first-order chi connectivity index (χ1) is 10.2. The SMILES string of the molecule is COCCNCC(=O)Nc1ccnn1-c1cccc(Cl)c1. The van der Waals surface area contributed by atoms with Gasteiger partial charge in [0.1, 0.15) is 5.82 Å². The Kier molecular flexibility index (Phi) is 5.74. The van der Waals surface area contributed by atoms with Gasteiger partial charge >= 0.3 is 0 Å². The molecule has 0 aliphatic rings. The second-order valence-corrected chi connectivity index (χ2v) is 4.76. The van der Waals surface area contributed by atoms with Gasteiger partial charge in [-0.05, 0) is 18.2 Å². The number of halogens is 1. The zero-order valence-electron chi connectivity index (χ0n) is 11.7. The Morgan fingerprint density at radius 3 is 3.05 bits per heavy atom. The maximum atomic E-state index is 11.8. The lowest BCUT2D eigenvalue weighted by atomic mass is 10.3. The quantitative estimate of drug-likeness (QED) is 0.764. The number of aromatic nitrogens is 2. The number of methoxy groups -OCH3 is 1. The van der Waals surface area contributed by atoms with Gasteiger partial charge in [0.05, 0.1) is 25.0 Å². The summed E-state index contributed by atoms with van der Waals surface area (Å²) >= 11 is 5.97. The van der Waals surface area contributed by atoms with Crippen LogP contribution >= 0.6 is 11.6 Å². The van der Waals surface area contributed by atoms with Crippen molar-refractivity contribution in [3.63, 3.8) is 0 Å². The maximum Gasteiger partial charge on any atom is 0.239 e. The van der Waals surface area contributed by atoms with Gasteiger partial charge in [0.2, 0.25) is 5.91 Å². The van der Waals surface area contributed by atoms with Crippen molar-refractivity contribution in [2.45, 2.75) is 0 Å². The zero-order chi connectivity index (χ0) is 15.1. The molecule has 1 amide bonds. The number of carbonyl (C=O) groups excluding carboxylic acids is 1. The molecule has 2 rings (SSSR count). The van der Waals surface area contributed by atoms with E-state index in [4.69, 9.17) is 16.3 Å². The van der Waals surface area contributed by atoms with E-state index < -0.39 is 0 Å². The molecule has 0 bridgehead atoms. The minimum atomic E-state index is -0.144. The first-order valence-corrected chi connectivity index (χ1v) is 6.88. The fraction of sp³-hybridized carbons (Fsp3) is 0.286. The van der Waals surface area contributed by atoms with E-state index in [1.54, 1.807) is 36.2 Å². The highest BCUT2D eigenvalue weighted by Crippen LogP contribution is 2.18. The van der Waals surface area contributed by atoms with Crippen LogP contribution in [0.2, 0.25) is 5.02 Å². The molecule has 1 aromatic heterocycles. The third-order valence-corrected chi connectivity index (χ3v) is 2.97. The number of nitrogens with one attached hydrogen (secondary N) is 2. The minimum absolute atomic E-state index is 0.144. The van der Waals surface area contributed by atoms with Gasteiger partial charge in [-0.15, -0.1) is 0 Å². The fourth-order valence-corrected chi connectivity index (χ4v) is 1.96. The summed E-state index contributed by atoms with van der Waals surface area (Å²) in [6.07, 6.45) is 1.62. The van der Waals surface area contributed by atoms with Crippen LogP contribution in [0.15, 0.2) is 36.5 Å². The van der Waals surface area contributed by atoms with Crippen molar-refractivity contribution in [3.8, 4) is 5.69 Å². The second kappa shape index (κ2) is 7.78. The minimum Gasteiger partial charge on any atom is -0.383 e. The van der Waals surface area contributed by atoms with E-state index in [0.717, 1.165) is 5.69 Å². The summed E-state index contributed by atoms with van der Waals surface area (Å²) in [5.74, 6) is 0.450. The molecule has 0 atom stereocenters. The zero-order valence-corrected chi connectivity index (χ0v) is 12.4. The summed E-state index contributed by atoms with van der Waals surface area (Å²) in [6.45, 7) is 1.40. The van der Waals surface area contributed by atoms with Crippen LogP contribution in [0.25, 0.3) is 5.69 Å².